The molecule has 0 bridgehead atoms. The van der Waals surface area contributed by atoms with Crippen molar-refractivity contribution < 1.29 is 4.39 Å². The van der Waals surface area contributed by atoms with Crippen molar-refractivity contribution in [3.05, 3.63) is 34.6 Å². The van der Waals surface area contributed by atoms with Crippen LogP contribution in [0.2, 0.25) is 5.02 Å². The molecular formula is C17H25ClFN. The first-order chi connectivity index (χ1) is 9.61. The van der Waals surface area contributed by atoms with E-state index in [0.717, 1.165) is 24.3 Å². The molecule has 0 aliphatic heterocycles. The molecule has 0 radical (unpaired) electrons. The van der Waals surface area contributed by atoms with Gasteiger partial charge < -0.3 is 5.73 Å². The lowest BCUT2D eigenvalue weighted by Crippen LogP contribution is -2.26. The fourth-order valence-electron chi connectivity index (χ4n) is 3.35. The van der Waals surface area contributed by atoms with Gasteiger partial charge in [-0.2, -0.15) is 0 Å². The fraction of sp³-hybridized carbons (Fsp3) is 0.647. The summed E-state index contributed by atoms with van der Waals surface area (Å²) in [5.41, 5.74) is 7.10. The van der Waals surface area contributed by atoms with E-state index in [-0.39, 0.29) is 11.9 Å². The van der Waals surface area contributed by atoms with Crippen LogP contribution in [0.5, 0.6) is 0 Å². The van der Waals surface area contributed by atoms with Crippen LogP contribution in [0.4, 0.5) is 4.39 Å². The second kappa shape index (κ2) is 7.42. The first kappa shape index (κ1) is 15.8. The second-order valence-corrected chi connectivity index (χ2v) is 6.52. The minimum absolute atomic E-state index is 0.134. The van der Waals surface area contributed by atoms with Crippen LogP contribution in [-0.4, -0.2) is 0 Å². The third-order valence-electron chi connectivity index (χ3n) is 4.68. The molecule has 1 aromatic rings. The largest absolute Gasteiger partial charge is 0.324 e. The highest BCUT2D eigenvalue weighted by Gasteiger charge is 2.27. The minimum atomic E-state index is -0.253. The van der Waals surface area contributed by atoms with Crippen LogP contribution in [0, 0.1) is 17.7 Å². The summed E-state index contributed by atoms with van der Waals surface area (Å²) < 4.78 is 13.4. The molecule has 1 fully saturated rings. The van der Waals surface area contributed by atoms with Crippen LogP contribution < -0.4 is 5.73 Å². The van der Waals surface area contributed by atoms with Crippen LogP contribution in [-0.2, 0) is 0 Å². The highest BCUT2D eigenvalue weighted by atomic mass is 35.5. The van der Waals surface area contributed by atoms with E-state index in [9.17, 15) is 4.39 Å². The molecule has 3 heteroatoms. The predicted molar refractivity (Wildman–Crippen MR) is 83.3 cm³/mol. The quantitative estimate of drug-likeness (QED) is 0.765. The van der Waals surface area contributed by atoms with Crippen molar-refractivity contribution in [2.24, 2.45) is 17.6 Å². The van der Waals surface area contributed by atoms with Crippen LogP contribution in [0.3, 0.4) is 0 Å². The van der Waals surface area contributed by atoms with Crippen molar-refractivity contribution in [1.29, 1.82) is 0 Å². The molecule has 0 amide bonds. The van der Waals surface area contributed by atoms with Crippen molar-refractivity contribution in [2.45, 2.75) is 57.9 Å². The summed E-state index contributed by atoms with van der Waals surface area (Å²) in [6, 6.07) is 4.36. The lowest BCUT2D eigenvalue weighted by atomic mass is 9.75. The van der Waals surface area contributed by atoms with Gasteiger partial charge in [-0.1, -0.05) is 50.6 Å². The van der Waals surface area contributed by atoms with Gasteiger partial charge in [0.05, 0.1) is 0 Å². The number of unbranched alkanes of at least 4 members (excludes halogenated alkanes) is 1. The molecule has 0 heterocycles. The molecule has 20 heavy (non-hydrogen) atoms. The maximum Gasteiger partial charge on any atom is 0.123 e. The Kier molecular flexibility index (Phi) is 5.86. The van der Waals surface area contributed by atoms with E-state index in [1.165, 1.54) is 44.2 Å². The average molecular weight is 298 g/mol. The maximum absolute atomic E-state index is 13.4. The second-order valence-electron chi connectivity index (χ2n) is 6.11. The highest BCUT2D eigenvalue weighted by molar-refractivity contribution is 6.31. The molecule has 0 saturated heterocycles. The van der Waals surface area contributed by atoms with Crippen LogP contribution in [0.25, 0.3) is 0 Å². The van der Waals surface area contributed by atoms with E-state index in [2.05, 4.69) is 6.92 Å². The molecule has 0 aromatic heterocycles. The molecule has 2 N–H and O–H groups in total. The molecule has 1 nitrogen and oxygen atoms in total. The molecule has 1 aliphatic carbocycles. The van der Waals surface area contributed by atoms with Gasteiger partial charge in [0.15, 0.2) is 0 Å². The normalized spacial score (nSPS) is 24.6. The number of hydrogen-bond donors (Lipinski definition) is 1. The first-order valence-corrected chi connectivity index (χ1v) is 8.20. The minimum Gasteiger partial charge on any atom is -0.324 e. The zero-order valence-corrected chi connectivity index (χ0v) is 13.0. The molecule has 1 atom stereocenters. The highest BCUT2D eigenvalue weighted by Crippen LogP contribution is 2.39. The van der Waals surface area contributed by atoms with E-state index in [4.69, 9.17) is 17.3 Å². The van der Waals surface area contributed by atoms with Crippen molar-refractivity contribution >= 4 is 11.6 Å². The summed E-state index contributed by atoms with van der Waals surface area (Å²) in [6.07, 6.45) is 8.75. The number of benzene rings is 1. The van der Waals surface area contributed by atoms with Crippen LogP contribution in [0.1, 0.15) is 63.5 Å². The van der Waals surface area contributed by atoms with Gasteiger partial charge in [0.1, 0.15) is 5.82 Å². The van der Waals surface area contributed by atoms with Crippen molar-refractivity contribution in [3.8, 4) is 0 Å². The summed E-state index contributed by atoms with van der Waals surface area (Å²) in [4.78, 5) is 0. The molecule has 0 spiro atoms. The van der Waals surface area contributed by atoms with Crippen LogP contribution in [0.15, 0.2) is 18.2 Å². The van der Waals surface area contributed by atoms with Crippen molar-refractivity contribution in [3.63, 3.8) is 0 Å². The lowest BCUT2D eigenvalue weighted by molar-refractivity contribution is 0.232. The molecule has 1 aliphatic rings. The SMILES string of the molecule is CCCCC1CCC(C(N)c2cc(F)ccc2Cl)CC1. The summed E-state index contributed by atoms with van der Waals surface area (Å²) in [6.45, 7) is 2.24. The number of hydrogen-bond acceptors (Lipinski definition) is 1. The molecule has 112 valence electrons. The number of halogens is 2. The van der Waals surface area contributed by atoms with Gasteiger partial charge in [-0.05, 0) is 48.4 Å². The van der Waals surface area contributed by atoms with Gasteiger partial charge >= 0.3 is 0 Å². The van der Waals surface area contributed by atoms with Gasteiger partial charge in [-0.25, -0.2) is 4.39 Å². The first-order valence-electron chi connectivity index (χ1n) is 7.82. The Morgan fingerprint density at radius 2 is 2.00 bits per heavy atom. The van der Waals surface area contributed by atoms with Gasteiger partial charge in [-0.15, -0.1) is 0 Å². The van der Waals surface area contributed by atoms with Gasteiger partial charge in [-0.3, -0.25) is 0 Å². The third-order valence-corrected chi connectivity index (χ3v) is 5.03. The lowest BCUT2D eigenvalue weighted by Gasteiger charge is -2.32. The molecule has 1 unspecified atom stereocenters. The van der Waals surface area contributed by atoms with E-state index >= 15 is 0 Å². The van der Waals surface area contributed by atoms with E-state index in [1.54, 1.807) is 6.07 Å². The summed E-state index contributed by atoms with van der Waals surface area (Å²) in [5, 5.41) is 0.590. The maximum atomic E-state index is 13.4. The Morgan fingerprint density at radius 1 is 1.30 bits per heavy atom. The summed E-state index contributed by atoms with van der Waals surface area (Å²) in [7, 11) is 0. The zero-order valence-electron chi connectivity index (χ0n) is 12.2. The summed E-state index contributed by atoms with van der Waals surface area (Å²) in [5.74, 6) is 1.05. The van der Waals surface area contributed by atoms with Gasteiger partial charge in [0, 0.05) is 11.1 Å². The third kappa shape index (κ3) is 3.95. The number of rotatable bonds is 5. The van der Waals surface area contributed by atoms with Crippen LogP contribution >= 0.6 is 11.6 Å². The van der Waals surface area contributed by atoms with E-state index < -0.39 is 0 Å². The van der Waals surface area contributed by atoms with E-state index in [1.807, 2.05) is 0 Å². The Morgan fingerprint density at radius 3 is 2.65 bits per heavy atom. The standard InChI is InChI=1S/C17H25ClFN/c1-2-3-4-12-5-7-13(8-6-12)17(20)15-11-14(19)9-10-16(15)18/h9-13,17H,2-8,20H2,1H3. The fourth-order valence-corrected chi connectivity index (χ4v) is 3.60. The molecule has 1 aromatic carbocycles. The van der Waals surface area contributed by atoms with E-state index in [0.29, 0.717) is 10.9 Å². The Bertz CT molecular complexity index is 427. The monoisotopic (exact) mass is 297 g/mol. The van der Waals surface area contributed by atoms with Crippen molar-refractivity contribution in [2.75, 3.05) is 0 Å². The zero-order chi connectivity index (χ0) is 14.5. The van der Waals surface area contributed by atoms with Crippen molar-refractivity contribution in [1.82, 2.24) is 0 Å². The Labute approximate surface area is 126 Å². The summed E-state index contributed by atoms with van der Waals surface area (Å²) >= 11 is 6.16. The molecule has 1 saturated carbocycles. The predicted octanol–water partition coefficient (Wildman–Crippen LogP) is 5.48. The molecule has 2 rings (SSSR count). The smallest absolute Gasteiger partial charge is 0.123 e. The Hall–Kier alpha value is -0.600. The average Bonchev–Trinajstić information content (AvgIpc) is 2.47. The van der Waals surface area contributed by atoms with Gasteiger partial charge in [0.25, 0.3) is 0 Å². The van der Waals surface area contributed by atoms with Gasteiger partial charge in [0.2, 0.25) is 0 Å². The molecular weight excluding hydrogens is 273 g/mol. The topological polar surface area (TPSA) is 26.0 Å². The Balaban J connectivity index is 1.94. The number of nitrogens with two attached hydrogens (primary N) is 1.